The van der Waals surface area contributed by atoms with Crippen molar-refractivity contribution in [2.45, 2.75) is 71.3 Å². The summed E-state index contributed by atoms with van der Waals surface area (Å²) in [7, 11) is 0. The molecule has 3 fully saturated rings. The van der Waals surface area contributed by atoms with Gasteiger partial charge in [-0.25, -0.2) is 4.39 Å². The van der Waals surface area contributed by atoms with E-state index in [1.54, 1.807) is 13.0 Å². The molecule has 4 aliphatic carbocycles. The molecule has 0 bridgehead atoms. The molecule has 3 saturated carbocycles. The van der Waals surface area contributed by atoms with Crippen molar-refractivity contribution in [3.05, 3.63) is 23.8 Å². The maximum absolute atomic E-state index is 15.5. The van der Waals surface area contributed by atoms with Gasteiger partial charge in [0.25, 0.3) is 0 Å². The second-order valence-corrected chi connectivity index (χ2v) is 10.8. The minimum Gasteiger partial charge on any atom is -0.450 e. The summed E-state index contributed by atoms with van der Waals surface area (Å²) in [5, 5.41) is 11.5. The Kier molecular flexibility index (Phi) is 5.73. The fourth-order valence-electron chi connectivity index (χ4n) is 7.87. The Balaban J connectivity index is 1.83. The number of alkyl halides is 2. The van der Waals surface area contributed by atoms with Crippen LogP contribution in [0.5, 0.6) is 0 Å². The smallest absolute Gasteiger partial charge is 0.306 e. The molecule has 0 aliphatic heterocycles. The Morgan fingerprint density at radius 2 is 2.00 bits per heavy atom. The molecule has 0 aromatic heterocycles. The molecule has 4 rings (SSSR count). The number of ketones is 2. The molecule has 0 aromatic rings. The minimum atomic E-state index is -1.44. The number of allylic oxidation sites excluding steroid dienone is 4. The summed E-state index contributed by atoms with van der Waals surface area (Å²) in [5.41, 5.74) is -2.66. The van der Waals surface area contributed by atoms with Gasteiger partial charge in [-0.05, 0) is 48.8 Å². The van der Waals surface area contributed by atoms with E-state index in [4.69, 9.17) is 16.3 Å². The lowest BCUT2D eigenvalue weighted by Gasteiger charge is -2.60. The molecule has 0 aromatic carbocycles. The van der Waals surface area contributed by atoms with Crippen molar-refractivity contribution in [3.8, 4) is 0 Å². The number of rotatable bonds is 4. The highest BCUT2D eigenvalue weighted by Crippen LogP contribution is 2.69. The SMILES string of the molecule is CCC(=O)O[C@]1(C(=O)CCl)C(C)C[C@H]2[C@@H]3CC(F)C4=CC(=O)C=C[C@]4(C)[C@H]3C(O)C[C@@]21C. The van der Waals surface area contributed by atoms with Gasteiger partial charge in [-0.15, -0.1) is 11.6 Å². The summed E-state index contributed by atoms with van der Waals surface area (Å²) in [6, 6.07) is 0. The van der Waals surface area contributed by atoms with Gasteiger partial charge in [-0.2, -0.15) is 0 Å². The first-order valence-corrected chi connectivity index (χ1v) is 12.1. The van der Waals surface area contributed by atoms with E-state index in [-0.39, 0.29) is 60.4 Å². The van der Waals surface area contributed by atoms with Crippen LogP contribution in [-0.2, 0) is 19.1 Å². The lowest BCUT2D eigenvalue weighted by molar-refractivity contribution is -0.204. The van der Waals surface area contributed by atoms with E-state index >= 15 is 4.39 Å². The van der Waals surface area contributed by atoms with E-state index in [0.29, 0.717) is 12.0 Å². The number of fused-ring (bicyclic) bond motifs is 5. The number of carbonyl (C=O) groups is 3. The monoisotopic (exact) mass is 466 g/mol. The molecule has 9 atom stereocenters. The van der Waals surface area contributed by atoms with Crippen molar-refractivity contribution in [1.82, 2.24) is 0 Å². The van der Waals surface area contributed by atoms with E-state index in [1.165, 1.54) is 12.2 Å². The third kappa shape index (κ3) is 2.94. The molecule has 5 nitrogen and oxygen atoms in total. The summed E-state index contributed by atoms with van der Waals surface area (Å²) >= 11 is 6.02. The van der Waals surface area contributed by atoms with E-state index in [9.17, 15) is 19.5 Å². The van der Waals surface area contributed by atoms with Crippen molar-refractivity contribution in [2.75, 3.05) is 5.88 Å². The molecule has 32 heavy (non-hydrogen) atoms. The average molecular weight is 467 g/mol. The molecule has 176 valence electrons. The third-order valence-corrected chi connectivity index (χ3v) is 9.36. The van der Waals surface area contributed by atoms with Gasteiger partial charge >= 0.3 is 5.97 Å². The number of aliphatic hydroxyl groups is 1. The molecule has 0 radical (unpaired) electrons. The van der Waals surface area contributed by atoms with Gasteiger partial charge in [0.15, 0.2) is 17.2 Å². The van der Waals surface area contributed by atoms with Crippen LogP contribution in [0.25, 0.3) is 0 Å². The quantitative estimate of drug-likeness (QED) is 0.501. The average Bonchev–Trinajstić information content (AvgIpc) is 2.95. The number of hydrogen-bond acceptors (Lipinski definition) is 5. The molecule has 0 saturated heterocycles. The molecule has 3 unspecified atom stereocenters. The first-order chi connectivity index (χ1) is 15.0. The van der Waals surface area contributed by atoms with E-state index in [0.717, 1.165) is 0 Å². The Morgan fingerprint density at radius 1 is 1.31 bits per heavy atom. The van der Waals surface area contributed by atoms with Gasteiger partial charge in [0.05, 0.1) is 12.0 Å². The highest BCUT2D eigenvalue weighted by molar-refractivity contribution is 6.29. The summed E-state index contributed by atoms with van der Waals surface area (Å²) in [6.45, 7) is 7.35. The lowest BCUT2D eigenvalue weighted by atomic mass is 9.46. The second-order valence-electron chi connectivity index (χ2n) is 10.6. The number of carbonyl (C=O) groups excluding carboxylic acids is 3. The number of hydrogen-bond donors (Lipinski definition) is 1. The van der Waals surface area contributed by atoms with Gasteiger partial charge in [-0.1, -0.05) is 33.8 Å². The van der Waals surface area contributed by atoms with Crippen LogP contribution in [-0.4, -0.2) is 46.4 Å². The maximum Gasteiger partial charge on any atom is 0.306 e. The van der Waals surface area contributed by atoms with E-state index in [1.807, 2.05) is 20.8 Å². The topological polar surface area (TPSA) is 80.7 Å². The number of esters is 1. The highest BCUT2D eigenvalue weighted by atomic mass is 35.5. The van der Waals surface area contributed by atoms with Gasteiger partial charge in [0.2, 0.25) is 0 Å². The van der Waals surface area contributed by atoms with Crippen LogP contribution in [0.1, 0.15) is 53.4 Å². The maximum atomic E-state index is 15.5. The van der Waals surface area contributed by atoms with Crippen LogP contribution in [0.15, 0.2) is 23.8 Å². The fourth-order valence-corrected chi connectivity index (χ4v) is 8.07. The van der Waals surface area contributed by atoms with Crippen molar-refractivity contribution in [2.24, 2.45) is 34.5 Å². The number of ether oxygens (including phenoxy) is 1. The molecule has 0 spiro atoms. The van der Waals surface area contributed by atoms with Crippen LogP contribution in [0.2, 0.25) is 0 Å². The Labute approximate surface area is 193 Å². The molecule has 7 heteroatoms. The predicted octanol–water partition coefficient (Wildman–Crippen LogP) is 3.96. The number of halogens is 2. The fraction of sp³-hybridized carbons (Fsp3) is 0.720. The Hall–Kier alpha value is -1.53. The third-order valence-electron chi connectivity index (χ3n) is 9.12. The normalized spacial score (nSPS) is 47.2. The summed E-state index contributed by atoms with van der Waals surface area (Å²) in [5.74, 6) is -2.33. The lowest BCUT2D eigenvalue weighted by Crippen LogP contribution is -2.64. The van der Waals surface area contributed by atoms with Crippen LogP contribution in [0.3, 0.4) is 0 Å². The van der Waals surface area contributed by atoms with Gasteiger partial charge in [0, 0.05) is 29.1 Å². The first-order valence-electron chi connectivity index (χ1n) is 11.5. The van der Waals surface area contributed by atoms with Crippen molar-refractivity contribution >= 4 is 29.1 Å². The Morgan fingerprint density at radius 3 is 2.62 bits per heavy atom. The van der Waals surface area contributed by atoms with Crippen LogP contribution >= 0.6 is 11.6 Å². The van der Waals surface area contributed by atoms with Crippen molar-refractivity contribution in [1.29, 1.82) is 0 Å². The zero-order valence-electron chi connectivity index (χ0n) is 19.1. The molecule has 1 N–H and O–H groups in total. The minimum absolute atomic E-state index is 0.122. The number of Topliss-reactive ketones (excluding diaryl/α,β-unsaturated/α-hetero) is 1. The van der Waals surface area contributed by atoms with Crippen molar-refractivity contribution in [3.63, 3.8) is 0 Å². The zero-order chi connectivity index (χ0) is 23.6. The van der Waals surface area contributed by atoms with Crippen LogP contribution in [0.4, 0.5) is 4.39 Å². The van der Waals surface area contributed by atoms with Crippen molar-refractivity contribution < 1.29 is 28.6 Å². The largest absolute Gasteiger partial charge is 0.450 e. The second kappa shape index (κ2) is 7.76. The van der Waals surface area contributed by atoms with E-state index in [2.05, 4.69) is 0 Å². The van der Waals surface area contributed by atoms with Crippen LogP contribution < -0.4 is 0 Å². The predicted molar refractivity (Wildman–Crippen MR) is 118 cm³/mol. The molecular weight excluding hydrogens is 435 g/mol. The Bertz CT molecular complexity index is 914. The molecular formula is C25H32ClFO5. The standard InChI is InChI=1S/C25H32ClFO5/c1-5-21(31)32-25(20(30)12-26)13(2)8-16-15-10-18(27)17-9-14(28)6-7-23(17,3)22(15)19(29)11-24(16,25)4/h6-7,9,13,15-16,18-19,22,29H,5,8,10-12H2,1-4H3/t13?,15-,16-,18?,19?,22+,23-,24-,25-/m0/s1. The summed E-state index contributed by atoms with van der Waals surface area (Å²) < 4.78 is 21.4. The summed E-state index contributed by atoms with van der Waals surface area (Å²) in [4.78, 5) is 37.7. The first kappa shape index (κ1) is 23.6. The molecule has 4 aliphatic rings. The molecule has 0 amide bonds. The highest BCUT2D eigenvalue weighted by Gasteiger charge is 2.73. The number of aliphatic hydroxyl groups excluding tert-OH is 1. The van der Waals surface area contributed by atoms with Crippen LogP contribution in [0, 0.1) is 34.5 Å². The van der Waals surface area contributed by atoms with Gasteiger partial charge in [-0.3, -0.25) is 14.4 Å². The van der Waals surface area contributed by atoms with E-state index < -0.39 is 34.7 Å². The van der Waals surface area contributed by atoms with Gasteiger partial charge in [0.1, 0.15) is 6.17 Å². The summed E-state index contributed by atoms with van der Waals surface area (Å²) in [6.07, 6.45) is 3.53. The zero-order valence-corrected chi connectivity index (χ0v) is 19.8. The molecule has 0 heterocycles. The van der Waals surface area contributed by atoms with Gasteiger partial charge < -0.3 is 9.84 Å².